The number of piperidine rings is 1. The van der Waals surface area contributed by atoms with Crippen molar-refractivity contribution < 1.29 is 0 Å². The van der Waals surface area contributed by atoms with Gasteiger partial charge in [0.1, 0.15) is 0 Å². The van der Waals surface area contributed by atoms with Gasteiger partial charge in [0.05, 0.1) is 10.0 Å². The highest BCUT2D eigenvalue weighted by Crippen LogP contribution is 2.30. The molecule has 0 bridgehead atoms. The first-order valence-corrected chi connectivity index (χ1v) is 7.32. The summed E-state index contributed by atoms with van der Waals surface area (Å²) in [5.74, 6) is 1.10. The van der Waals surface area contributed by atoms with Gasteiger partial charge in [-0.25, -0.2) is 0 Å². The third-order valence-corrected chi connectivity index (χ3v) is 4.46. The Hall–Kier alpha value is -0.280. The van der Waals surface area contributed by atoms with Crippen LogP contribution in [0.3, 0.4) is 0 Å². The second-order valence-corrected chi connectivity index (χ2v) is 5.87. The molecular weight excluding hydrogens is 267 g/mol. The predicted molar refractivity (Wildman–Crippen MR) is 78.5 cm³/mol. The summed E-state index contributed by atoms with van der Waals surface area (Å²) in [5, 5.41) is 4.68. The van der Waals surface area contributed by atoms with E-state index in [0.717, 1.165) is 25.4 Å². The lowest BCUT2D eigenvalue weighted by atomic mass is 9.85. The highest BCUT2D eigenvalue weighted by molar-refractivity contribution is 6.42. The summed E-state index contributed by atoms with van der Waals surface area (Å²) in [6, 6.07) is 5.86. The Morgan fingerprint density at radius 3 is 2.78 bits per heavy atom. The molecule has 0 aromatic heterocycles. The molecule has 3 N–H and O–H groups in total. The van der Waals surface area contributed by atoms with Crippen molar-refractivity contribution in [3.05, 3.63) is 33.8 Å². The second-order valence-electron chi connectivity index (χ2n) is 5.05. The van der Waals surface area contributed by atoms with E-state index >= 15 is 0 Å². The Kier molecular flexibility index (Phi) is 5.31. The second kappa shape index (κ2) is 6.76. The first kappa shape index (κ1) is 14.1. The Labute approximate surface area is 119 Å². The van der Waals surface area contributed by atoms with Crippen LogP contribution in [0.2, 0.25) is 10.0 Å². The van der Waals surface area contributed by atoms with Gasteiger partial charge < -0.3 is 11.1 Å². The Balaban J connectivity index is 2.04. The van der Waals surface area contributed by atoms with Gasteiger partial charge in [-0.15, -0.1) is 0 Å². The molecule has 4 heteroatoms. The maximum atomic E-state index is 6.07. The molecular formula is C14H20Cl2N2. The Morgan fingerprint density at radius 1 is 1.33 bits per heavy atom. The van der Waals surface area contributed by atoms with Crippen molar-refractivity contribution in [3.8, 4) is 0 Å². The summed E-state index contributed by atoms with van der Waals surface area (Å²) < 4.78 is 0. The molecule has 0 aliphatic carbocycles. The minimum atomic E-state index is 0.379. The van der Waals surface area contributed by atoms with Crippen LogP contribution in [0, 0.1) is 5.92 Å². The monoisotopic (exact) mass is 286 g/mol. The van der Waals surface area contributed by atoms with Crippen LogP contribution in [0.15, 0.2) is 18.2 Å². The van der Waals surface area contributed by atoms with Gasteiger partial charge in [-0.05, 0) is 68.4 Å². The van der Waals surface area contributed by atoms with Crippen molar-refractivity contribution in [2.45, 2.75) is 25.2 Å². The molecule has 1 heterocycles. The van der Waals surface area contributed by atoms with E-state index in [4.69, 9.17) is 28.9 Å². The van der Waals surface area contributed by atoms with Crippen LogP contribution in [0.4, 0.5) is 0 Å². The standard InChI is InChI=1S/C14H20Cl2N2/c15-13-4-3-11(7-14(13)16)12(8-17)6-10-2-1-5-18-9-10/h3-4,7,10,12,18H,1-2,5-6,8-9,17H2. The summed E-state index contributed by atoms with van der Waals surface area (Å²) in [6.45, 7) is 2.92. The molecule has 1 fully saturated rings. The number of nitrogens with two attached hydrogens (primary N) is 1. The van der Waals surface area contributed by atoms with E-state index in [2.05, 4.69) is 5.32 Å². The molecule has 100 valence electrons. The van der Waals surface area contributed by atoms with E-state index in [1.807, 2.05) is 18.2 Å². The fourth-order valence-electron chi connectivity index (χ4n) is 2.66. The number of hydrogen-bond acceptors (Lipinski definition) is 2. The lowest BCUT2D eigenvalue weighted by Crippen LogP contribution is -2.31. The van der Waals surface area contributed by atoms with Gasteiger partial charge in [0.2, 0.25) is 0 Å². The van der Waals surface area contributed by atoms with Crippen LogP contribution in [-0.4, -0.2) is 19.6 Å². The molecule has 0 radical (unpaired) electrons. The molecule has 2 unspecified atom stereocenters. The van der Waals surface area contributed by atoms with Crippen LogP contribution < -0.4 is 11.1 Å². The van der Waals surface area contributed by atoms with E-state index in [1.54, 1.807) is 0 Å². The molecule has 1 aliphatic rings. The summed E-state index contributed by atoms with van der Waals surface area (Å²) in [4.78, 5) is 0. The molecule has 0 amide bonds. The predicted octanol–water partition coefficient (Wildman–Crippen LogP) is 3.43. The van der Waals surface area contributed by atoms with Crippen molar-refractivity contribution >= 4 is 23.2 Å². The van der Waals surface area contributed by atoms with E-state index < -0.39 is 0 Å². The SMILES string of the molecule is NCC(CC1CCCNC1)c1ccc(Cl)c(Cl)c1. The van der Waals surface area contributed by atoms with Gasteiger partial charge in [0, 0.05) is 0 Å². The van der Waals surface area contributed by atoms with Gasteiger partial charge in [-0.2, -0.15) is 0 Å². The first-order valence-electron chi connectivity index (χ1n) is 6.56. The van der Waals surface area contributed by atoms with Crippen molar-refractivity contribution in [2.24, 2.45) is 11.7 Å². The quantitative estimate of drug-likeness (QED) is 0.890. The largest absolute Gasteiger partial charge is 0.330 e. The van der Waals surface area contributed by atoms with Gasteiger partial charge in [-0.3, -0.25) is 0 Å². The molecule has 1 aromatic carbocycles. The van der Waals surface area contributed by atoms with Gasteiger partial charge in [0.15, 0.2) is 0 Å². The first-order chi connectivity index (χ1) is 8.70. The minimum absolute atomic E-state index is 0.379. The van der Waals surface area contributed by atoms with Crippen LogP contribution in [-0.2, 0) is 0 Å². The molecule has 0 saturated carbocycles. The molecule has 1 aliphatic heterocycles. The maximum absolute atomic E-state index is 6.07. The summed E-state index contributed by atoms with van der Waals surface area (Å²) in [6.07, 6.45) is 3.69. The molecule has 2 rings (SSSR count). The van der Waals surface area contributed by atoms with Gasteiger partial charge in [0.25, 0.3) is 0 Å². The normalized spacial score (nSPS) is 21.8. The van der Waals surface area contributed by atoms with Crippen molar-refractivity contribution in [1.29, 1.82) is 0 Å². The van der Waals surface area contributed by atoms with Crippen LogP contribution in [0.5, 0.6) is 0 Å². The lowest BCUT2D eigenvalue weighted by molar-refractivity contribution is 0.336. The minimum Gasteiger partial charge on any atom is -0.330 e. The van der Waals surface area contributed by atoms with Crippen molar-refractivity contribution in [3.63, 3.8) is 0 Å². The fraction of sp³-hybridized carbons (Fsp3) is 0.571. The van der Waals surface area contributed by atoms with E-state index in [0.29, 0.717) is 22.5 Å². The fourth-order valence-corrected chi connectivity index (χ4v) is 2.97. The molecule has 2 nitrogen and oxygen atoms in total. The van der Waals surface area contributed by atoms with Crippen LogP contribution in [0.1, 0.15) is 30.7 Å². The highest BCUT2D eigenvalue weighted by Gasteiger charge is 2.19. The molecule has 2 atom stereocenters. The summed E-state index contributed by atoms with van der Waals surface area (Å²) in [5.41, 5.74) is 7.12. The average molecular weight is 287 g/mol. The zero-order valence-corrected chi connectivity index (χ0v) is 12.0. The molecule has 18 heavy (non-hydrogen) atoms. The highest BCUT2D eigenvalue weighted by atomic mass is 35.5. The maximum Gasteiger partial charge on any atom is 0.0595 e. The van der Waals surface area contributed by atoms with E-state index in [1.165, 1.54) is 18.4 Å². The van der Waals surface area contributed by atoms with E-state index in [9.17, 15) is 0 Å². The van der Waals surface area contributed by atoms with Crippen LogP contribution >= 0.6 is 23.2 Å². The number of hydrogen-bond donors (Lipinski definition) is 2. The third-order valence-electron chi connectivity index (χ3n) is 3.72. The van der Waals surface area contributed by atoms with Crippen LogP contribution in [0.25, 0.3) is 0 Å². The number of nitrogens with one attached hydrogen (secondary N) is 1. The Bertz CT molecular complexity index is 389. The van der Waals surface area contributed by atoms with Crippen molar-refractivity contribution in [1.82, 2.24) is 5.32 Å². The number of benzene rings is 1. The van der Waals surface area contributed by atoms with Gasteiger partial charge in [-0.1, -0.05) is 29.3 Å². The topological polar surface area (TPSA) is 38.0 Å². The average Bonchev–Trinajstić information content (AvgIpc) is 2.40. The van der Waals surface area contributed by atoms with Crippen molar-refractivity contribution in [2.75, 3.05) is 19.6 Å². The number of halogens is 2. The summed E-state index contributed by atoms with van der Waals surface area (Å²) >= 11 is 12.0. The zero-order valence-electron chi connectivity index (χ0n) is 10.5. The number of rotatable bonds is 4. The lowest BCUT2D eigenvalue weighted by Gasteiger charge is -2.27. The molecule has 1 saturated heterocycles. The third kappa shape index (κ3) is 3.61. The molecule has 1 aromatic rings. The zero-order chi connectivity index (χ0) is 13.0. The van der Waals surface area contributed by atoms with E-state index in [-0.39, 0.29) is 0 Å². The summed E-state index contributed by atoms with van der Waals surface area (Å²) in [7, 11) is 0. The van der Waals surface area contributed by atoms with Gasteiger partial charge >= 0.3 is 0 Å². The molecule has 0 spiro atoms. The Morgan fingerprint density at radius 2 is 2.17 bits per heavy atom. The smallest absolute Gasteiger partial charge is 0.0595 e.